The van der Waals surface area contributed by atoms with Crippen LogP contribution in [0.3, 0.4) is 0 Å². The summed E-state index contributed by atoms with van der Waals surface area (Å²) in [5, 5.41) is 0. The van der Waals surface area contributed by atoms with Crippen LogP contribution in [0.5, 0.6) is 0 Å². The second kappa shape index (κ2) is 5.38. The van der Waals surface area contributed by atoms with E-state index < -0.39 is 0 Å². The molecule has 1 aromatic heterocycles. The van der Waals surface area contributed by atoms with E-state index in [1.54, 1.807) is 18.3 Å². The second-order valence-electron chi connectivity index (χ2n) is 5.18. The third kappa shape index (κ3) is 2.47. The lowest BCUT2D eigenvalue weighted by atomic mass is 9.85. The molecule has 1 aliphatic rings. The molecule has 1 saturated carbocycles. The number of carbonyl (C=O) groups is 1. The van der Waals surface area contributed by atoms with Gasteiger partial charge in [0.25, 0.3) is 5.91 Å². The van der Waals surface area contributed by atoms with E-state index in [0.717, 1.165) is 6.42 Å². The number of carbonyl (C=O) groups excluding carboxylic acids is 1. The molecule has 1 heterocycles. The zero-order chi connectivity index (χ0) is 13.1. The Hall–Kier alpha value is -1.58. The summed E-state index contributed by atoms with van der Waals surface area (Å²) in [6.45, 7) is 2.22. The van der Waals surface area contributed by atoms with Gasteiger partial charge in [-0.1, -0.05) is 19.8 Å². The molecule has 0 spiro atoms. The highest BCUT2D eigenvalue weighted by atomic mass is 16.2. The number of hydrogen-bond acceptors (Lipinski definition) is 3. The van der Waals surface area contributed by atoms with Gasteiger partial charge in [0.05, 0.1) is 5.56 Å². The number of nitrogen functional groups attached to an aromatic ring is 1. The summed E-state index contributed by atoms with van der Waals surface area (Å²) in [4.78, 5) is 18.2. The van der Waals surface area contributed by atoms with Gasteiger partial charge in [0, 0.05) is 19.3 Å². The molecule has 4 nitrogen and oxygen atoms in total. The van der Waals surface area contributed by atoms with Crippen LogP contribution in [-0.2, 0) is 0 Å². The Morgan fingerprint density at radius 2 is 2.17 bits per heavy atom. The molecule has 4 heteroatoms. The molecule has 18 heavy (non-hydrogen) atoms. The zero-order valence-electron chi connectivity index (χ0n) is 11.1. The molecule has 0 radical (unpaired) electrons. The van der Waals surface area contributed by atoms with Crippen molar-refractivity contribution in [1.82, 2.24) is 9.88 Å². The smallest absolute Gasteiger partial charge is 0.257 e. The van der Waals surface area contributed by atoms with Gasteiger partial charge in [-0.05, 0) is 30.9 Å². The van der Waals surface area contributed by atoms with E-state index in [2.05, 4.69) is 11.9 Å². The first kappa shape index (κ1) is 12.9. The number of anilines is 1. The van der Waals surface area contributed by atoms with Gasteiger partial charge in [-0.25, -0.2) is 4.98 Å². The van der Waals surface area contributed by atoms with Gasteiger partial charge in [-0.2, -0.15) is 0 Å². The largest absolute Gasteiger partial charge is 0.383 e. The fourth-order valence-electron chi connectivity index (χ4n) is 2.81. The summed E-state index contributed by atoms with van der Waals surface area (Å²) in [6, 6.07) is 3.82. The first-order valence-corrected chi connectivity index (χ1v) is 6.59. The molecule has 2 unspecified atom stereocenters. The Kier molecular flexibility index (Phi) is 3.84. The predicted octanol–water partition coefficient (Wildman–Crippen LogP) is 2.31. The van der Waals surface area contributed by atoms with Crippen LogP contribution >= 0.6 is 0 Å². The minimum absolute atomic E-state index is 0.0145. The van der Waals surface area contributed by atoms with Crippen molar-refractivity contribution in [2.75, 3.05) is 12.8 Å². The molecule has 2 rings (SSSR count). The van der Waals surface area contributed by atoms with Gasteiger partial charge in [0.2, 0.25) is 0 Å². The minimum atomic E-state index is -0.0145. The molecule has 98 valence electrons. The van der Waals surface area contributed by atoms with Crippen LogP contribution in [0.4, 0.5) is 5.82 Å². The maximum atomic E-state index is 12.4. The topological polar surface area (TPSA) is 59.2 Å². The SMILES string of the molecule is CC1CCCCC1N(C)C(=O)c1cccnc1N. The van der Waals surface area contributed by atoms with Crippen molar-refractivity contribution in [3.8, 4) is 0 Å². The number of hydrogen-bond donors (Lipinski definition) is 1. The monoisotopic (exact) mass is 247 g/mol. The van der Waals surface area contributed by atoms with E-state index in [0.29, 0.717) is 23.3 Å². The normalized spacial score (nSPS) is 23.7. The number of pyridine rings is 1. The fraction of sp³-hybridized carbons (Fsp3) is 0.571. The van der Waals surface area contributed by atoms with Gasteiger partial charge in [0.1, 0.15) is 5.82 Å². The summed E-state index contributed by atoms with van der Waals surface area (Å²) >= 11 is 0. The Labute approximate surface area is 108 Å². The van der Waals surface area contributed by atoms with E-state index in [9.17, 15) is 4.79 Å². The lowest BCUT2D eigenvalue weighted by molar-refractivity contribution is 0.0629. The van der Waals surface area contributed by atoms with Crippen LogP contribution in [0.25, 0.3) is 0 Å². The summed E-state index contributed by atoms with van der Waals surface area (Å²) in [7, 11) is 1.88. The van der Waals surface area contributed by atoms with Crippen LogP contribution in [0.1, 0.15) is 43.0 Å². The Balaban J connectivity index is 2.16. The van der Waals surface area contributed by atoms with E-state index in [1.165, 1.54) is 19.3 Å². The molecule has 1 fully saturated rings. The summed E-state index contributed by atoms with van der Waals surface area (Å²) in [6.07, 6.45) is 6.37. The van der Waals surface area contributed by atoms with Crippen molar-refractivity contribution < 1.29 is 4.79 Å². The summed E-state index contributed by atoms with van der Waals surface area (Å²) < 4.78 is 0. The highest BCUT2D eigenvalue weighted by Crippen LogP contribution is 2.28. The van der Waals surface area contributed by atoms with Crippen molar-refractivity contribution >= 4 is 11.7 Å². The molecular weight excluding hydrogens is 226 g/mol. The molecule has 0 aliphatic heterocycles. The maximum absolute atomic E-state index is 12.4. The van der Waals surface area contributed by atoms with E-state index >= 15 is 0 Å². The Morgan fingerprint density at radius 3 is 2.83 bits per heavy atom. The van der Waals surface area contributed by atoms with Crippen LogP contribution < -0.4 is 5.73 Å². The first-order chi connectivity index (χ1) is 8.61. The first-order valence-electron chi connectivity index (χ1n) is 6.59. The number of amides is 1. The van der Waals surface area contributed by atoms with Crippen molar-refractivity contribution in [2.24, 2.45) is 5.92 Å². The average Bonchev–Trinajstić information content (AvgIpc) is 2.38. The molecule has 0 bridgehead atoms. The van der Waals surface area contributed by atoms with Crippen LogP contribution in [0.15, 0.2) is 18.3 Å². The third-order valence-corrected chi connectivity index (χ3v) is 3.95. The quantitative estimate of drug-likeness (QED) is 0.872. The molecule has 2 atom stereocenters. The molecule has 1 aliphatic carbocycles. The molecule has 0 saturated heterocycles. The third-order valence-electron chi connectivity index (χ3n) is 3.95. The Morgan fingerprint density at radius 1 is 1.44 bits per heavy atom. The highest BCUT2D eigenvalue weighted by Gasteiger charge is 2.29. The molecule has 0 aromatic carbocycles. The number of aromatic nitrogens is 1. The molecule has 2 N–H and O–H groups in total. The fourth-order valence-corrected chi connectivity index (χ4v) is 2.81. The standard InChI is InChI=1S/C14H21N3O/c1-10-6-3-4-8-12(10)17(2)14(18)11-7-5-9-16-13(11)15/h5,7,9-10,12H,3-4,6,8H2,1-2H3,(H2,15,16). The number of nitrogens with two attached hydrogens (primary N) is 1. The van der Waals surface area contributed by atoms with Gasteiger partial charge in [0.15, 0.2) is 0 Å². The average molecular weight is 247 g/mol. The molecular formula is C14H21N3O. The van der Waals surface area contributed by atoms with Gasteiger partial charge in [-0.15, -0.1) is 0 Å². The lowest BCUT2D eigenvalue weighted by Gasteiger charge is -2.36. The summed E-state index contributed by atoms with van der Waals surface area (Å²) in [5.41, 5.74) is 6.28. The minimum Gasteiger partial charge on any atom is -0.383 e. The van der Waals surface area contributed by atoms with Crippen LogP contribution in [-0.4, -0.2) is 28.9 Å². The predicted molar refractivity (Wildman–Crippen MR) is 72.2 cm³/mol. The zero-order valence-corrected chi connectivity index (χ0v) is 11.1. The van der Waals surface area contributed by atoms with Crippen molar-refractivity contribution in [3.05, 3.63) is 23.9 Å². The van der Waals surface area contributed by atoms with Crippen LogP contribution in [0, 0.1) is 5.92 Å². The number of nitrogens with zero attached hydrogens (tertiary/aromatic N) is 2. The highest BCUT2D eigenvalue weighted by molar-refractivity contribution is 5.98. The van der Waals surface area contributed by atoms with Gasteiger partial charge in [-0.3, -0.25) is 4.79 Å². The lowest BCUT2D eigenvalue weighted by Crippen LogP contribution is -2.42. The summed E-state index contributed by atoms with van der Waals surface area (Å²) in [5.74, 6) is 0.864. The van der Waals surface area contributed by atoms with Crippen molar-refractivity contribution in [1.29, 1.82) is 0 Å². The van der Waals surface area contributed by atoms with E-state index in [-0.39, 0.29) is 5.91 Å². The second-order valence-corrected chi connectivity index (χ2v) is 5.18. The van der Waals surface area contributed by atoms with E-state index in [4.69, 9.17) is 5.73 Å². The number of rotatable bonds is 2. The maximum Gasteiger partial charge on any atom is 0.257 e. The van der Waals surface area contributed by atoms with Crippen LogP contribution in [0.2, 0.25) is 0 Å². The van der Waals surface area contributed by atoms with Crippen molar-refractivity contribution in [3.63, 3.8) is 0 Å². The molecule has 1 amide bonds. The van der Waals surface area contributed by atoms with Gasteiger partial charge >= 0.3 is 0 Å². The van der Waals surface area contributed by atoms with Gasteiger partial charge < -0.3 is 10.6 Å². The Bertz CT molecular complexity index is 433. The van der Waals surface area contributed by atoms with E-state index in [1.807, 2.05) is 11.9 Å². The molecule has 1 aromatic rings. The van der Waals surface area contributed by atoms with Crippen molar-refractivity contribution in [2.45, 2.75) is 38.6 Å².